The van der Waals surface area contributed by atoms with Gasteiger partial charge in [-0.2, -0.15) is 8.78 Å². The first-order chi connectivity index (χ1) is 13.9. The molecule has 3 atom stereocenters. The highest BCUT2D eigenvalue weighted by molar-refractivity contribution is 6.22. The van der Waals surface area contributed by atoms with E-state index in [-0.39, 0.29) is 18.4 Å². The second kappa shape index (κ2) is 9.41. The predicted octanol–water partition coefficient (Wildman–Crippen LogP) is 4.88. The Bertz CT molecular complexity index is 813. The van der Waals surface area contributed by atoms with Crippen molar-refractivity contribution < 1.29 is 23.0 Å². The van der Waals surface area contributed by atoms with Gasteiger partial charge in [-0.3, -0.25) is 0 Å². The van der Waals surface area contributed by atoms with E-state index in [2.05, 4.69) is 10.3 Å². The Kier molecular flexibility index (Phi) is 6.92. The van der Waals surface area contributed by atoms with Crippen LogP contribution in [-0.2, 0) is 9.47 Å². The van der Waals surface area contributed by atoms with Crippen molar-refractivity contribution in [2.75, 3.05) is 26.1 Å². The molecule has 0 bridgehead atoms. The van der Waals surface area contributed by atoms with Crippen LogP contribution < -0.4 is 10.1 Å². The maximum atomic E-state index is 14.1. The van der Waals surface area contributed by atoms with E-state index in [1.165, 1.54) is 7.11 Å². The number of alkyl halides is 3. The van der Waals surface area contributed by atoms with Gasteiger partial charge in [0, 0.05) is 12.8 Å². The summed E-state index contributed by atoms with van der Waals surface area (Å²) in [6, 6.07) is 14.4. The molecule has 0 amide bonds. The zero-order valence-corrected chi connectivity index (χ0v) is 16.9. The molecule has 156 valence electrons. The standard InChI is InChI=1S/C21H23ClF2N2O3/c1-27-13-17-20(14-6-4-3-5-7-14)29-19(26-17)12-18(21(22,23)24)25-15-8-10-16(28-2)11-9-15/h3-11,17-18,20,25H,12-13H2,1-2H3/t17-,18+,20-/m0/s1. The van der Waals surface area contributed by atoms with E-state index in [0.29, 0.717) is 18.0 Å². The minimum absolute atomic E-state index is 0.175. The van der Waals surface area contributed by atoms with Crippen molar-refractivity contribution in [3.05, 3.63) is 60.2 Å². The highest BCUT2D eigenvalue weighted by Gasteiger charge is 2.41. The first-order valence-electron chi connectivity index (χ1n) is 9.15. The molecule has 0 aromatic heterocycles. The third-order valence-electron chi connectivity index (χ3n) is 4.59. The molecule has 0 unspecified atom stereocenters. The molecule has 1 aliphatic rings. The number of benzene rings is 2. The van der Waals surface area contributed by atoms with Crippen molar-refractivity contribution in [2.45, 2.75) is 30.0 Å². The average molecular weight is 425 g/mol. The van der Waals surface area contributed by atoms with Crippen LogP contribution in [0.5, 0.6) is 5.75 Å². The number of halogens is 3. The van der Waals surface area contributed by atoms with Crippen LogP contribution in [0.15, 0.2) is 59.6 Å². The van der Waals surface area contributed by atoms with Crippen LogP contribution in [0.4, 0.5) is 14.5 Å². The van der Waals surface area contributed by atoms with Crippen LogP contribution in [0.25, 0.3) is 0 Å². The number of nitrogens with one attached hydrogen (secondary N) is 1. The summed E-state index contributed by atoms with van der Waals surface area (Å²) < 4.78 is 44.4. The Balaban J connectivity index is 1.75. The van der Waals surface area contributed by atoms with E-state index >= 15 is 0 Å². The maximum Gasteiger partial charge on any atom is 0.341 e. The summed E-state index contributed by atoms with van der Waals surface area (Å²) in [7, 11) is 3.10. The molecule has 0 spiro atoms. The Hall–Kier alpha value is -2.38. The van der Waals surface area contributed by atoms with Crippen molar-refractivity contribution in [3.8, 4) is 5.75 Å². The lowest BCUT2D eigenvalue weighted by molar-refractivity contribution is 0.0716. The van der Waals surface area contributed by atoms with E-state index in [1.54, 1.807) is 31.4 Å². The third kappa shape index (κ3) is 5.58. The van der Waals surface area contributed by atoms with Gasteiger partial charge in [0.15, 0.2) is 5.90 Å². The zero-order chi connectivity index (χ0) is 20.9. The molecule has 1 aliphatic heterocycles. The first kappa shape index (κ1) is 21.3. The number of methoxy groups -OCH3 is 2. The number of ether oxygens (including phenoxy) is 3. The van der Waals surface area contributed by atoms with Crippen LogP contribution in [0.1, 0.15) is 18.1 Å². The van der Waals surface area contributed by atoms with Crippen LogP contribution in [0, 0.1) is 0 Å². The van der Waals surface area contributed by atoms with Gasteiger partial charge in [-0.25, -0.2) is 4.99 Å². The van der Waals surface area contributed by atoms with Gasteiger partial charge >= 0.3 is 5.38 Å². The maximum absolute atomic E-state index is 14.1. The first-order valence-corrected chi connectivity index (χ1v) is 9.53. The number of aliphatic imine (C=N–C) groups is 1. The molecule has 29 heavy (non-hydrogen) atoms. The number of hydrogen-bond acceptors (Lipinski definition) is 5. The summed E-state index contributed by atoms with van der Waals surface area (Å²) in [5.74, 6) is 0.841. The lowest BCUT2D eigenvalue weighted by atomic mass is 10.0. The van der Waals surface area contributed by atoms with E-state index < -0.39 is 17.5 Å². The molecule has 3 rings (SSSR count). The summed E-state index contributed by atoms with van der Waals surface area (Å²) in [6.45, 7) is 0.316. The number of rotatable bonds is 9. The highest BCUT2D eigenvalue weighted by Crippen LogP contribution is 2.34. The van der Waals surface area contributed by atoms with Crippen LogP contribution in [0.3, 0.4) is 0 Å². The molecule has 2 aromatic carbocycles. The molecule has 8 heteroatoms. The van der Waals surface area contributed by atoms with Crippen molar-refractivity contribution in [1.82, 2.24) is 0 Å². The van der Waals surface area contributed by atoms with Gasteiger partial charge in [0.05, 0.1) is 20.1 Å². The van der Waals surface area contributed by atoms with Crippen molar-refractivity contribution >= 4 is 23.2 Å². The molecular weight excluding hydrogens is 402 g/mol. The van der Waals surface area contributed by atoms with E-state index in [1.807, 2.05) is 30.3 Å². The van der Waals surface area contributed by atoms with Crippen LogP contribution >= 0.6 is 11.6 Å². The quantitative estimate of drug-likeness (QED) is 0.583. The molecule has 0 saturated carbocycles. The van der Waals surface area contributed by atoms with Crippen molar-refractivity contribution in [2.24, 2.45) is 4.99 Å². The van der Waals surface area contributed by atoms with E-state index in [9.17, 15) is 8.78 Å². The lowest BCUT2D eigenvalue weighted by Gasteiger charge is -2.24. The van der Waals surface area contributed by atoms with Gasteiger partial charge in [-0.05, 0) is 41.4 Å². The van der Waals surface area contributed by atoms with Crippen molar-refractivity contribution in [1.29, 1.82) is 0 Å². The molecule has 1 heterocycles. The fraction of sp³-hybridized carbons (Fsp3) is 0.381. The predicted molar refractivity (Wildman–Crippen MR) is 109 cm³/mol. The van der Waals surface area contributed by atoms with Gasteiger partial charge in [-0.1, -0.05) is 30.3 Å². The molecular formula is C21H23ClF2N2O3. The number of anilines is 1. The monoisotopic (exact) mass is 424 g/mol. The van der Waals surface area contributed by atoms with Gasteiger partial charge in [-0.15, -0.1) is 0 Å². The molecule has 0 saturated heterocycles. The topological polar surface area (TPSA) is 52.1 Å². The molecule has 2 aromatic rings. The minimum Gasteiger partial charge on any atom is -0.497 e. The second-order valence-electron chi connectivity index (χ2n) is 6.67. The summed E-state index contributed by atoms with van der Waals surface area (Å²) in [5.41, 5.74) is 1.40. The Morgan fingerprint density at radius 1 is 1.14 bits per heavy atom. The van der Waals surface area contributed by atoms with E-state index in [4.69, 9.17) is 25.8 Å². The Morgan fingerprint density at radius 2 is 1.83 bits per heavy atom. The smallest absolute Gasteiger partial charge is 0.341 e. The summed E-state index contributed by atoms with van der Waals surface area (Å²) in [4.78, 5) is 4.48. The molecule has 1 N–H and O–H groups in total. The number of nitrogens with zero attached hydrogens (tertiary/aromatic N) is 1. The normalized spacial score (nSPS) is 20.0. The minimum atomic E-state index is -3.51. The van der Waals surface area contributed by atoms with Gasteiger partial charge in [0.25, 0.3) is 0 Å². The Labute approximate surface area is 173 Å². The number of hydrogen-bond donors (Lipinski definition) is 1. The Morgan fingerprint density at radius 3 is 2.41 bits per heavy atom. The fourth-order valence-corrected chi connectivity index (χ4v) is 3.28. The highest BCUT2D eigenvalue weighted by atomic mass is 35.5. The summed E-state index contributed by atoms with van der Waals surface area (Å²) in [5, 5.41) is -0.738. The fourth-order valence-electron chi connectivity index (χ4n) is 3.15. The zero-order valence-electron chi connectivity index (χ0n) is 16.1. The van der Waals surface area contributed by atoms with Gasteiger partial charge in [0.1, 0.15) is 23.9 Å². The SMILES string of the molecule is COC[C@@H]1N=C(C[C@@H](Nc2ccc(OC)cc2)C(F)(F)Cl)O[C@H]1c1ccccc1. The molecule has 0 radical (unpaired) electrons. The summed E-state index contributed by atoms with van der Waals surface area (Å²) in [6.07, 6.45) is -0.566. The van der Waals surface area contributed by atoms with Gasteiger partial charge < -0.3 is 19.5 Å². The average Bonchev–Trinajstić information content (AvgIpc) is 3.11. The largest absolute Gasteiger partial charge is 0.497 e. The molecule has 0 fully saturated rings. The molecule has 5 nitrogen and oxygen atoms in total. The lowest BCUT2D eigenvalue weighted by Crippen LogP contribution is -2.37. The van der Waals surface area contributed by atoms with Crippen molar-refractivity contribution in [3.63, 3.8) is 0 Å². The third-order valence-corrected chi connectivity index (χ3v) is 4.86. The molecule has 0 aliphatic carbocycles. The van der Waals surface area contributed by atoms with Crippen LogP contribution in [0.2, 0.25) is 0 Å². The van der Waals surface area contributed by atoms with E-state index in [0.717, 1.165) is 5.56 Å². The second-order valence-corrected chi connectivity index (χ2v) is 7.17. The summed E-state index contributed by atoms with van der Waals surface area (Å²) >= 11 is 5.38. The van der Waals surface area contributed by atoms with Crippen LogP contribution in [-0.4, -0.2) is 44.2 Å². The van der Waals surface area contributed by atoms with Gasteiger partial charge in [0.2, 0.25) is 0 Å².